The van der Waals surface area contributed by atoms with E-state index >= 15 is 0 Å². The Morgan fingerprint density at radius 1 is 1.00 bits per heavy atom. The van der Waals surface area contributed by atoms with Crippen molar-refractivity contribution in [3.05, 3.63) is 23.4 Å². The van der Waals surface area contributed by atoms with Crippen molar-refractivity contribution in [1.82, 2.24) is 0 Å². The second kappa shape index (κ2) is 11.4. The molecular weight excluding hydrogens is 336 g/mol. The monoisotopic (exact) mass is 366 g/mol. The first-order valence-corrected chi connectivity index (χ1v) is 9.28. The van der Waals surface area contributed by atoms with Crippen LogP contribution in [0.4, 0.5) is 17.6 Å². The highest BCUT2D eigenvalue weighted by Gasteiger charge is 2.25. The van der Waals surface area contributed by atoms with Gasteiger partial charge in [-0.1, -0.05) is 51.9 Å². The predicted molar refractivity (Wildman–Crippen MR) is 90.8 cm³/mol. The molecule has 0 spiro atoms. The summed E-state index contributed by atoms with van der Waals surface area (Å²) in [6.07, 6.45) is 5.01. The molecule has 2 nitrogen and oxygen atoms in total. The minimum atomic E-state index is -4.02. The van der Waals surface area contributed by atoms with E-state index in [9.17, 15) is 22.7 Å². The molecule has 0 aliphatic heterocycles. The van der Waals surface area contributed by atoms with Gasteiger partial charge in [0.25, 0.3) is 0 Å². The van der Waals surface area contributed by atoms with Crippen LogP contribution in [0.2, 0.25) is 0 Å². The van der Waals surface area contributed by atoms with Crippen molar-refractivity contribution >= 4 is 0 Å². The molecule has 0 bridgehead atoms. The topological polar surface area (TPSA) is 29.5 Å². The summed E-state index contributed by atoms with van der Waals surface area (Å²) in [7, 11) is 0. The zero-order valence-corrected chi connectivity index (χ0v) is 15.0. The summed E-state index contributed by atoms with van der Waals surface area (Å²) < 4.78 is 54.8. The largest absolute Gasteiger partial charge is 0.509 e. The smallest absolute Gasteiger partial charge is 0.389 e. The highest BCUT2D eigenvalue weighted by atomic mass is 19.4. The third-order valence-electron chi connectivity index (χ3n) is 4.40. The first-order chi connectivity index (χ1) is 11.8. The predicted octanol–water partition coefficient (Wildman–Crippen LogP) is 7.13. The van der Waals surface area contributed by atoms with Gasteiger partial charge in [-0.2, -0.15) is 13.2 Å². The lowest BCUT2D eigenvalue weighted by molar-refractivity contribution is -0.135. The van der Waals surface area contributed by atoms with E-state index in [0.29, 0.717) is 25.2 Å². The molecule has 1 N–H and O–H groups in total. The Balaban J connectivity index is 1.91. The minimum absolute atomic E-state index is 0.203. The van der Waals surface area contributed by atoms with E-state index in [1.54, 1.807) is 6.92 Å². The molecule has 0 saturated carbocycles. The lowest BCUT2D eigenvalue weighted by atomic mass is 9.99. The third kappa shape index (κ3) is 10.4. The number of hydrogen-bond acceptors (Lipinski definition) is 2. The molecule has 0 aromatic rings. The van der Waals surface area contributed by atoms with E-state index in [1.165, 1.54) is 6.08 Å². The summed E-state index contributed by atoms with van der Waals surface area (Å²) >= 11 is 0. The maximum Gasteiger partial charge on any atom is 0.389 e. The van der Waals surface area contributed by atoms with Gasteiger partial charge >= 0.3 is 6.18 Å². The number of halogens is 4. The van der Waals surface area contributed by atoms with Crippen LogP contribution in [0.15, 0.2) is 23.4 Å². The lowest BCUT2D eigenvalue weighted by Crippen LogP contribution is -2.10. The van der Waals surface area contributed by atoms with Gasteiger partial charge < -0.3 is 9.84 Å². The Morgan fingerprint density at radius 3 is 2.04 bits per heavy atom. The minimum Gasteiger partial charge on any atom is -0.509 e. The van der Waals surface area contributed by atoms with Crippen LogP contribution >= 0.6 is 0 Å². The van der Waals surface area contributed by atoms with Gasteiger partial charge in [-0.25, -0.2) is 4.39 Å². The van der Waals surface area contributed by atoms with E-state index in [-0.39, 0.29) is 18.1 Å². The average Bonchev–Trinajstić information content (AvgIpc) is 2.52. The van der Waals surface area contributed by atoms with Gasteiger partial charge in [-0.15, -0.1) is 0 Å². The number of aliphatic hydroxyl groups excluding tert-OH is 1. The Morgan fingerprint density at radius 2 is 1.52 bits per heavy atom. The fraction of sp³-hybridized carbons (Fsp3) is 0.789. The number of unbranched alkanes of at least 4 members (excludes halogenated alkanes) is 8. The molecule has 0 heterocycles. The first-order valence-electron chi connectivity index (χ1n) is 9.28. The van der Waals surface area contributed by atoms with Crippen molar-refractivity contribution in [1.29, 1.82) is 0 Å². The molecule has 1 rings (SSSR count). The fourth-order valence-electron chi connectivity index (χ4n) is 2.88. The van der Waals surface area contributed by atoms with Gasteiger partial charge in [0.15, 0.2) is 5.83 Å². The van der Waals surface area contributed by atoms with E-state index in [2.05, 4.69) is 0 Å². The molecule has 146 valence electrons. The molecule has 0 radical (unpaired) electrons. The van der Waals surface area contributed by atoms with Gasteiger partial charge in [0.1, 0.15) is 5.76 Å². The van der Waals surface area contributed by atoms with Crippen molar-refractivity contribution in [3.63, 3.8) is 0 Å². The molecular formula is C19H30F4O2. The van der Waals surface area contributed by atoms with Gasteiger partial charge in [0.05, 0.1) is 12.4 Å². The average molecular weight is 366 g/mol. The van der Waals surface area contributed by atoms with Gasteiger partial charge in [-0.05, 0) is 12.8 Å². The standard InChI is InChI=1S/C19H30F4O2/c1-15-13-16(14-17(20)18(15)24)25-12-10-8-6-4-2-3-5-7-9-11-19(21,22)23/h14-15,24H,2-13H2,1H3. The van der Waals surface area contributed by atoms with Crippen LogP contribution in [0, 0.1) is 5.92 Å². The maximum atomic E-state index is 13.4. The van der Waals surface area contributed by atoms with Crippen molar-refractivity contribution in [2.45, 2.75) is 83.7 Å². The normalized spacial score (nSPS) is 18.4. The fourth-order valence-corrected chi connectivity index (χ4v) is 2.88. The molecule has 1 aliphatic rings. The quantitative estimate of drug-likeness (QED) is 0.294. The highest BCUT2D eigenvalue weighted by Crippen LogP contribution is 2.29. The van der Waals surface area contributed by atoms with Crippen LogP contribution in [0.3, 0.4) is 0 Å². The Bertz CT molecular complexity index is 441. The maximum absolute atomic E-state index is 13.4. The van der Waals surface area contributed by atoms with E-state index in [4.69, 9.17) is 4.74 Å². The second-order valence-electron chi connectivity index (χ2n) is 6.84. The number of aliphatic hydroxyl groups is 1. The number of alkyl halides is 3. The van der Waals surface area contributed by atoms with E-state index < -0.39 is 18.4 Å². The zero-order valence-electron chi connectivity index (χ0n) is 15.0. The Labute approximate surface area is 147 Å². The van der Waals surface area contributed by atoms with Crippen LogP contribution in [0.1, 0.15) is 77.6 Å². The van der Waals surface area contributed by atoms with Crippen molar-refractivity contribution in [2.75, 3.05) is 6.61 Å². The molecule has 0 fully saturated rings. The van der Waals surface area contributed by atoms with Gasteiger partial charge in [0.2, 0.25) is 0 Å². The molecule has 0 saturated heterocycles. The molecule has 25 heavy (non-hydrogen) atoms. The van der Waals surface area contributed by atoms with Gasteiger partial charge in [0, 0.05) is 24.8 Å². The first kappa shape index (κ1) is 21.8. The molecule has 1 atom stereocenters. The van der Waals surface area contributed by atoms with Crippen molar-refractivity contribution in [2.24, 2.45) is 5.92 Å². The second-order valence-corrected chi connectivity index (χ2v) is 6.84. The number of rotatable bonds is 12. The van der Waals surface area contributed by atoms with Crippen LogP contribution < -0.4 is 0 Å². The molecule has 0 amide bonds. The molecule has 0 aromatic heterocycles. The molecule has 1 unspecified atom stereocenters. The van der Waals surface area contributed by atoms with Crippen molar-refractivity contribution < 1.29 is 27.4 Å². The van der Waals surface area contributed by atoms with E-state index in [0.717, 1.165) is 44.9 Å². The van der Waals surface area contributed by atoms with E-state index in [1.807, 2.05) is 0 Å². The Hall–Kier alpha value is -1.20. The molecule has 6 heteroatoms. The highest BCUT2D eigenvalue weighted by molar-refractivity contribution is 5.24. The van der Waals surface area contributed by atoms with Crippen LogP contribution in [0.25, 0.3) is 0 Å². The van der Waals surface area contributed by atoms with Crippen LogP contribution in [-0.4, -0.2) is 17.9 Å². The number of allylic oxidation sites excluding steroid dienone is 4. The summed E-state index contributed by atoms with van der Waals surface area (Å²) in [4.78, 5) is 0. The lowest BCUT2D eigenvalue weighted by Gasteiger charge is -2.19. The summed E-state index contributed by atoms with van der Waals surface area (Å²) in [6, 6.07) is 0. The van der Waals surface area contributed by atoms with Crippen LogP contribution in [-0.2, 0) is 4.74 Å². The SMILES string of the molecule is CC1CC(OCCCCCCCCCCCC(F)(F)F)=CC(F)=C1O. The Kier molecular flexibility index (Phi) is 9.98. The van der Waals surface area contributed by atoms with Crippen LogP contribution in [0.5, 0.6) is 0 Å². The van der Waals surface area contributed by atoms with Crippen molar-refractivity contribution in [3.8, 4) is 0 Å². The third-order valence-corrected chi connectivity index (χ3v) is 4.40. The molecule has 0 aromatic carbocycles. The summed E-state index contributed by atoms with van der Waals surface area (Å²) in [5.74, 6) is -0.465. The number of hydrogen-bond donors (Lipinski definition) is 1. The summed E-state index contributed by atoms with van der Waals surface area (Å²) in [6.45, 7) is 2.30. The molecule has 1 aliphatic carbocycles. The van der Waals surface area contributed by atoms with Gasteiger partial charge in [-0.3, -0.25) is 0 Å². The summed E-state index contributed by atoms with van der Waals surface area (Å²) in [5, 5.41) is 9.41. The zero-order chi connectivity index (χ0) is 18.7. The summed E-state index contributed by atoms with van der Waals surface area (Å²) in [5.41, 5.74) is 0. The number of ether oxygens (including phenoxy) is 1.